The molecule has 0 aliphatic carbocycles. The van der Waals surface area contributed by atoms with Crippen LogP contribution in [-0.2, 0) is 0 Å². The molecule has 0 spiro atoms. The SMILES string of the molecule is Nc1c(Cl)cc2c(O)c(C3=Nc4c(Cl)cc(Cl)cc4C3=O)sc2c1Cl. The van der Waals surface area contributed by atoms with Gasteiger partial charge in [0.2, 0.25) is 5.78 Å². The van der Waals surface area contributed by atoms with Gasteiger partial charge in [-0.15, -0.1) is 11.3 Å². The Morgan fingerprint density at radius 1 is 1.08 bits per heavy atom. The van der Waals surface area contributed by atoms with Gasteiger partial charge in [0.1, 0.15) is 11.5 Å². The predicted molar refractivity (Wildman–Crippen MR) is 105 cm³/mol. The summed E-state index contributed by atoms with van der Waals surface area (Å²) in [6.07, 6.45) is 0. The third-order valence-corrected chi connectivity index (χ3v) is 6.35. The summed E-state index contributed by atoms with van der Waals surface area (Å²) in [5, 5.41) is 12.0. The number of benzene rings is 2. The van der Waals surface area contributed by atoms with Crippen LogP contribution < -0.4 is 5.73 Å². The second-order valence-corrected chi connectivity index (χ2v) is 7.97. The maximum Gasteiger partial charge on any atom is 0.215 e. The van der Waals surface area contributed by atoms with Gasteiger partial charge in [-0.2, -0.15) is 0 Å². The van der Waals surface area contributed by atoms with E-state index in [0.717, 1.165) is 11.3 Å². The van der Waals surface area contributed by atoms with Crippen molar-refractivity contribution in [1.82, 2.24) is 0 Å². The fourth-order valence-electron chi connectivity index (χ4n) is 2.62. The lowest BCUT2D eigenvalue weighted by Crippen LogP contribution is -2.09. The van der Waals surface area contributed by atoms with Crippen molar-refractivity contribution in [3.8, 4) is 5.75 Å². The number of thiophene rings is 1. The molecular formula is C16H6Cl4N2O2S. The number of halogens is 4. The molecule has 0 unspecified atom stereocenters. The number of nitrogens with zero attached hydrogens (tertiary/aromatic N) is 1. The summed E-state index contributed by atoms with van der Waals surface area (Å²) in [5.74, 6) is -0.512. The minimum atomic E-state index is -0.378. The largest absolute Gasteiger partial charge is 0.506 e. The maximum absolute atomic E-state index is 12.7. The summed E-state index contributed by atoms with van der Waals surface area (Å²) < 4.78 is 0.520. The molecule has 2 heterocycles. The van der Waals surface area contributed by atoms with Gasteiger partial charge in [-0.05, 0) is 18.2 Å². The third kappa shape index (κ3) is 2.42. The molecule has 25 heavy (non-hydrogen) atoms. The molecular weight excluding hydrogens is 426 g/mol. The summed E-state index contributed by atoms with van der Waals surface area (Å²) in [7, 11) is 0. The van der Waals surface area contributed by atoms with Crippen molar-refractivity contribution in [3.05, 3.63) is 48.7 Å². The van der Waals surface area contributed by atoms with E-state index in [9.17, 15) is 9.90 Å². The highest BCUT2D eigenvalue weighted by molar-refractivity contribution is 7.23. The molecule has 4 rings (SSSR count). The third-order valence-electron chi connectivity index (χ3n) is 3.81. The second kappa shape index (κ2) is 5.76. The quantitative estimate of drug-likeness (QED) is 0.455. The average molecular weight is 432 g/mol. The Morgan fingerprint density at radius 3 is 2.52 bits per heavy atom. The van der Waals surface area contributed by atoms with Crippen molar-refractivity contribution in [3.63, 3.8) is 0 Å². The Balaban J connectivity index is 1.96. The molecule has 0 saturated carbocycles. The number of rotatable bonds is 1. The number of carbonyl (C=O) groups excluding carboxylic acids is 1. The van der Waals surface area contributed by atoms with Gasteiger partial charge < -0.3 is 10.8 Å². The maximum atomic E-state index is 12.7. The van der Waals surface area contributed by atoms with Crippen LogP contribution in [0, 0.1) is 0 Å². The molecule has 3 aromatic rings. The first kappa shape index (κ1) is 16.9. The Labute approximate surface area is 165 Å². The lowest BCUT2D eigenvalue weighted by molar-refractivity contribution is 0.107. The first-order valence-corrected chi connectivity index (χ1v) is 9.14. The van der Waals surface area contributed by atoms with E-state index in [-0.39, 0.29) is 48.4 Å². The number of hydrogen-bond acceptors (Lipinski definition) is 5. The Hall–Kier alpha value is -1.50. The molecule has 0 amide bonds. The van der Waals surface area contributed by atoms with Crippen LogP contribution in [0.4, 0.5) is 11.4 Å². The molecule has 2 aromatic carbocycles. The van der Waals surface area contributed by atoms with Crippen LogP contribution in [0.3, 0.4) is 0 Å². The predicted octanol–water partition coefficient (Wildman–Crippen LogP) is 6.12. The number of Topliss-reactive ketones (excluding diaryl/α,β-unsaturated/α-hetero) is 1. The van der Waals surface area contributed by atoms with Gasteiger partial charge in [-0.1, -0.05) is 46.4 Å². The summed E-state index contributed by atoms with van der Waals surface area (Å²) in [5.41, 5.74) is 6.72. The number of nitrogens with two attached hydrogens (primary N) is 1. The fourth-order valence-corrected chi connectivity index (χ4v) is 4.84. The first-order chi connectivity index (χ1) is 11.8. The zero-order valence-corrected chi connectivity index (χ0v) is 15.9. The average Bonchev–Trinajstić information content (AvgIpc) is 3.05. The van der Waals surface area contributed by atoms with Gasteiger partial charge in [0.25, 0.3) is 0 Å². The zero-order valence-electron chi connectivity index (χ0n) is 12.0. The highest BCUT2D eigenvalue weighted by Crippen LogP contribution is 2.47. The Bertz CT molecular complexity index is 1140. The number of ketones is 1. The second-order valence-electron chi connectivity index (χ2n) is 5.32. The van der Waals surface area contributed by atoms with Crippen molar-refractivity contribution in [1.29, 1.82) is 0 Å². The smallest absolute Gasteiger partial charge is 0.215 e. The number of aromatic hydroxyl groups is 1. The van der Waals surface area contributed by atoms with Gasteiger partial charge in [0.05, 0.1) is 41.6 Å². The van der Waals surface area contributed by atoms with Gasteiger partial charge >= 0.3 is 0 Å². The van der Waals surface area contributed by atoms with Crippen LogP contribution in [0.2, 0.25) is 20.1 Å². The molecule has 0 atom stereocenters. The Kier molecular flexibility index (Phi) is 3.90. The molecule has 1 aliphatic rings. The highest BCUT2D eigenvalue weighted by atomic mass is 35.5. The number of anilines is 1. The topological polar surface area (TPSA) is 75.7 Å². The van der Waals surface area contributed by atoms with Gasteiger partial charge in [-0.3, -0.25) is 4.79 Å². The van der Waals surface area contributed by atoms with Crippen LogP contribution in [0.25, 0.3) is 10.1 Å². The molecule has 126 valence electrons. The molecule has 4 nitrogen and oxygen atoms in total. The van der Waals surface area contributed by atoms with Crippen molar-refractivity contribution in [2.45, 2.75) is 0 Å². The van der Waals surface area contributed by atoms with Crippen molar-refractivity contribution in [2.24, 2.45) is 4.99 Å². The summed E-state index contributed by atoms with van der Waals surface area (Å²) in [6.45, 7) is 0. The van der Waals surface area contributed by atoms with Gasteiger partial charge in [-0.25, -0.2) is 4.99 Å². The summed E-state index contributed by atoms with van der Waals surface area (Å²) >= 11 is 25.4. The van der Waals surface area contributed by atoms with E-state index >= 15 is 0 Å². The van der Waals surface area contributed by atoms with E-state index in [1.54, 1.807) is 0 Å². The lowest BCUT2D eigenvalue weighted by Gasteiger charge is -2.01. The number of aliphatic imine (C=N–C) groups is 1. The molecule has 0 radical (unpaired) electrons. The zero-order chi connectivity index (χ0) is 18.0. The van der Waals surface area contributed by atoms with E-state index in [4.69, 9.17) is 52.1 Å². The van der Waals surface area contributed by atoms with E-state index in [1.807, 2.05) is 0 Å². The molecule has 0 bridgehead atoms. The van der Waals surface area contributed by atoms with E-state index in [1.165, 1.54) is 18.2 Å². The summed E-state index contributed by atoms with van der Waals surface area (Å²) in [4.78, 5) is 17.3. The van der Waals surface area contributed by atoms with Crippen molar-refractivity contribution < 1.29 is 9.90 Å². The summed E-state index contributed by atoms with van der Waals surface area (Å²) in [6, 6.07) is 4.50. The number of hydrogen-bond donors (Lipinski definition) is 2. The van der Waals surface area contributed by atoms with E-state index in [2.05, 4.69) is 4.99 Å². The Morgan fingerprint density at radius 2 is 1.80 bits per heavy atom. The standard InChI is InChI=1S/C16H6Cl4N2O2S/c17-4-1-5-11(8(19)2-4)22-12(13(5)23)16-14(24)6-3-7(18)10(21)9(20)15(6)25-16/h1-3,24H,21H2. The lowest BCUT2D eigenvalue weighted by atomic mass is 10.1. The van der Waals surface area contributed by atoms with Gasteiger partial charge in [0, 0.05) is 10.4 Å². The molecule has 3 N–H and O–H groups in total. The monoisotopic (exact) mass is 430 g/mol. The van der Waals surface area contributed by atoms with E-state index < -0.39 is 0 Å². The van der Waals surface area contributed by atoms with Crippen LogP contribution in [-0.4, -0.2) is 16.6 Å². The molecule has 1 aromatic heterocycles. The van der Waals surface area contributed by atoms with Crippen molar-refractivity contribution in [2.75, 3.05) is 5.73 Å². The van der Waals surface area contributed by atoms with Gasteiger partial charge in [0.15, 0.2) is 0 Å². The van der Waals surface area contributed by atoms with Crippen molar-refractivity contribution >= 4 is 90.7 Å². The molecule has 0 saturated heterocycles. The first-order valence-electron chi connectivity index (χ1n) is 6.81. The number of carbonyl (C=O) groups is 1. The normalized spacial score (nSPS) is 13.4. The fraction of sp³-hybridized carbons (Fsp3) is 0. The van der Waals surface area contributed by atoms with Crippen LogP contribution >= 0.6 is 57.7 Å². The minimum Gasteiger partial charge on any atom is -0.506 e. The number of fused-ring (bicyclic) bond motifs is 2. The molecule has 9 heteroatoms. The highest BCUT2D eigenvalue weighted by Gasteiger charge is 2.32. The van der Waals surface area contributed by atoms with Crippen LogP contribution in [0.15, 0.2) is 23.2 Å². The number of nitrogen functional groups attached to an aromatic ring is 1. The minimum absolute atomic E-state index is 0.0728. The molecule has 0 fully saturated rings. The van der Waals surface area contributed by atoms with E-state index in [0.29, 0.717) is 20.8 Å². The molecule has 1 aliphatic heterocycles. The van der Waals surface area contributed by atoms with Crippen LogP contribution in [0.1, 0.15) is 15.2 Å². The van der Waals surface area contributed by atoms with Crippen LogP contribution in [0.5, 0.6) is 5.75 Å².